The van der Waals surface area contributed by atoms with Gasteiger partial charge in [-0.2, -0.15) is 0 Å². The van der Waals surface area contributed by atoms with Gasteiger partial charge in [0.25, 0.3) is 5.92 Å². The highest BCUT2D eigenvalue weighted by atomic mass is 35.7. The number of hydrogen-bond donors (Lipinski definition) is 0. The van der Waals surface area contributed by atoms with Crippen LogP contribution < -0.4 is 0 Å². The number of alkyl halides is 2. The first-order valence-corrected chi connectivity index (χ1v) is 6.97. The van der Waals surface area contributed by atoms with Crippen molar-refractivity contribution in [2.24, 2.45) is 0 Å². The summed E-state index contributed by atoms with van der Waals surface area (Å²) in [5.74, 6) is -3.67. The van der Waals surface area contributed by atoms with Crippen LogP contribution in [0.3, 0.4) is 0 Å². The first-order valence-electron chi connectivity index (χ1n) is 4.50. The van der Waals surface area contributed by atoms with Gasteiger partial charge < -0.3 is 0 Å². The topological polar surface area (TPSA) is 34.1 Å². The van der Waals surface area contributed by atoms with Gasteiger partial charge in [0.2, 0.25) is 9.05 Å². The molecule has 0 aromatic heterocycles. The molecule has 0 fully saturated rings. The van der Waals surface area contributed by atoms with Crippen LogP contribution in [0.4, 0.5) is 8.78 Å². The Labute approximate surface area is 97.7 Å². The van der Waals surface area contributed by atoms with E-state index in [1.807, 2.05) is 0 Å². The molecule has 0 unspecified atom stereocenters. The lowest BCUT2D eigenvalue weighted by Crippen LogP contribution is -2.12. The van der Waals surface area contributed by atoms with Gasteiger partial charge in [-0.3, -0.25) is 0 Å². The molecule has 0 spiro atoms. The molecule has 0 heterocycles. The van der Waals surface area contributed by atoms with Crippen LogP contribution in [-0.2, 0) is 20.7 Å². The van der Waals surface area contributed by atoms with Crippen LogP contribution in [0.2, 0.25) is 0 Å². The summed E-state index contributed by atoms with van der Waals surface area (Å²) in [6.45, 7) is 2.42. The Bertz CT molecular complexity index is 492. The maximum Gasteiger partial charge on any atom is 0.270 e. The van der Waals surface area contributed by atoms with E-state index in [1.54, 1.807) is 6.92 Å². The fraction of sp³-hybridized carbons (Fsp3) is 0.400. The molecular formula is C10H11ClF2O2S. The van der Waals surface area contributed by atoms with Crippen molar-refractivity contribution >= 4 is 19.7 Å². The molecule has 1 aromatic carbocycles. The molecule has 0 radical (unpaired) electrons. The lowest BCUT2D eigenvalue weighted by atomic mass is 10.0. The molecule has 2 nitrogen and oxygen atoms in total. The summed E-state index contributed by atoms with van der Waals surface area (Å²) in [5, 5.41) is 0. The molecule has 1 rings (SSSR count). The summed E-state index contributed by atoms with van der Waals surface area (Å²) in [6, 6.07) is 4.15. The summed E-state index contributed by atoms with van der Waals surface area (Å²) < 4.78 is 48.2. The van der Waals surface area contributed by atoms with Crippen molar-refractivity contribution in [1.82, 2.24) is 0 Å². The maximum atomic E-state index is 13.2. The third-order valence-corrected chi connectivity index (χ3v) is 3.04. The fourth-order valence-corrected chi connectivity index (χ4v) is 2.42. The summed E-state index contributed by atoms with van der Waals surface area (Å²) in [6.07, 6.45) is 0. The molecule has 1 aromatic rings. The van der Waals surface area contributed by atoms with E-state index in [0.717, 1.165) is 6.92 Å². The molecule has 0 N–H and O–H groups in total. The van der Waals surface area contributed by atoms with Gasteiger partial charge in [-0.15, -0.1) is 0 Å². The number of rotatable bonds is 3. The fourth-order valence-electron chi connectivity index (χ4n) is 1.46. The van der Waals surface area contributed by atoms with Crippen molar-refractivity contribution in [2.75, 3.05) is 0 Å². The molecule has 0 aliphatic rings. The lowest BCUT2D eigenvalue weighted by molar-refractivity contribution is 0.0167. The Hall–Kier alpha value is -0.680. The molecule has 16 heavy (non-hydrogen) atoms. The molecule has 0 atom stereocenters. The van der Waals surface area contributed by atoms with E-state index < -0.39 is 20.7 Å². The number of benzene rings is 1. The second-order valence-electron chi connectivity index (χ2n) is 3.73. The van der Waals surface area contributed by atoms with E-state index in [1.165, 1.54) is 18.2 Å². The molecule has 0 aliphatic carbocycles. The maximum absolute atomic E-state index is 13.2. The third-order valence-electron chi connectivity index (χ3n) is 2.06. The van der Waals surface area contributed by atoms with Crippen LogP contribution in [0.5, 0.6) is 0 Å². The van der Waals surface area contributed by atoms with Crippen LogP contribution in [0.15, 0.2) is 18.2 Å². The molecule has 0 saturated carbocycles. The van der Waals surface area contributed by atoms with Crippen LogP contribution >= 0.6 is 10.7 Å². The van der Waals surface area contributed by atoms with Crippen LogP contribution in [0.1, 0.15) is 23.6 Å². The van der Waals surface area contributed by atoms with Gasteiger partial charge in [0, 0.05) is 23.2 Å². The highest BCUT2D eigenvalue weighted by molar-refractivity contribution is 8.13. The van der Waals surface area contributed by atoms with Crippen molar-refractivity contribution in [3.05, 3.63) is 34.9 Å². The molecule has 6 heteroatoms. The number of halogens is 3. The summed E-state index contributed by atoms with van der Waals surface area (Å²) in [4.78, 5) is 0. The first kappa shape index (κ1) is 13.4. The predicted molar refractivity (Wildman–Crippen MR) is 59.2 cm³/mol. The Morgan fingerprint density at radius 1 is 1.38 bits per heavy atom. The zero-order valence-electron chi connectivity index (χ0n) is 8.80. The monoisotopic (exact) mass is 268 g/mol. The van der Waals surface area contributed by atoms with Gasteiger partial charge in [0.15, 0.2) is 0 Å². The quantitative estimate of drug-likeness (QED) is 0.789. The second-order valence-corrected chi connectivity index (χ2v) is 6.51. The van der Waals surface area contributed by atoms with E-state index >= 15 is 0 Å². The van der Waals surface area contributed by atoms with Crippen LogP contribution in [-0.4, -0.2) is 8.42 Å². The van der Waals surface area contributed by atoms with Gasteiger partial charge in [0.1, 0.15) is 0 Å². The van der Waals surface area contributed by atoms with E-state index in [4.69, 9.17) is 10.7 Å². The molecule has 0 amide bonds. The van der Waals surface area contributed by atoms with E-state index in [-0.39, 0.29) is 11.1 Å². The lowest BCUT2D eigenvalue weighted by Gasteiger charge is -2.15. The van der Waals surface area contributed by atoms with E-state index in [9.17, 15) is 17.2 Å². The minimum Gasteiger partial charge on any atom is -0.212 e. The zero-order chi connectivity index (χ0) is 12.6. The minimum absolute atomic E-state index is 0.0440. The minimum atomic E-state index is -3.84. The van der Waals surface area contributed by atoms with E-state index in [2.05, 4.69) is 0 Å². The Morgan fingerprint density at radius 3 is 2.38 bits per heavy atom. The summed E-state index contributed by atoms with van der Waals surface area (Å²) in [5.41, 5.74) is 0.452. The van der Waals surface area contributed by atoms with Crippen molar-refractivity contribution in [3.8, 4) is 0 Å². The number of hydrogen-bond acceptors (Lipinski definition) is 2. The van der Waals surface area contributed by atoms with Gasteiger partial charge >= 0.3 is 0 Å². The molecule has 0 aliphatic heterocycles. The van der Waals surface area contributed by atoms with E-state index in [0.29, 0.717) is 5.56 Å². The normalized spacial score (nSPS) is 12.8. The second kappa shape index (κ2) is 4.30. The van der Waals surface area contributed by atoms with Crippen molar-refractivity contribution in [1.29, 1.82) is 0 Å². The Morgan fingerprint density at radius 2 is 1.94 bits per heavy atom. The van der Waals surface area contributed by atoms with Gasteiger partial charge in [-0.1, -0.05) is 23.8 Å². The highest BCUT2D eigenvalue weighted by Crippen LogP contribution is 2.31. The average molecular weight is 269 g/mol. The molecule has 0 bridgehead atoms. The third kappa shape index (κ3) is 3.72. The number of aryl methyl sites for hydroxylation is 1. The van der Waals surface area contributed by atoms with Crippen molar-refractivity contribution < 1.29 is 17.2 Å². The highest BCUT2D eigenvalue weighted by Gasteiger charge is 2.28. The molecular weight excluding hydrogens is 258 g/mol. The molecule has 90 valence electrons. The molecule has 0 saturated heterocycles. The standard InChI is InChI=1S/C10H11ClF2O2S/c1-7-3-4-9(10(2,12)13)8(5-7)6-16(11,14)15/h3-5H,6H2,1-2H3. The van der Waals surface area contributed by atoms with Crippen molar-refractivity contribution in [2.45, 2.75) is 25.5 Å². The van der Waals surface area contributed by atoms with Crippen LogP contribution in [0, 0.1) is 6.92 Å². The Kier molecular flexibility index (Phi) is 3.59. The zero-order valence-corrected chi connectivity index (χ0v) is 10.4. The Balaban J connectivity index is 3.30. The largest absolute Gasteiger partial charge is 0.270 e. The van der Waals surface area contributed by atoms with Gasteiger partial charge in [-0.05, 0) is 12.5 Å². The summed E-state index contributed by atoms with van der Waals surface area (Å²) in [7, 11) is 1.23. The van der Waals surface area contributed by atoms with Gasteiger partial charge in [0.05, 0.1) is 5.75 Å². The van der Waals surface area contributed by atoms with Crippen molar-refractivity contribution in [3.63, 3.8) is 0 Å². The smallest absolute Gasteiger partial charge is 0.212 e. The SMILES string of the molecule is Cc1ccc(C(C)(F)F)c(CS(=O)(=O)Cl)c1. The average Bonchev–Trinajstić information content (AvgIpc) is 1.97. The van der Waals surface area contributed by atoms with Crippen LogP contribution in [0.25, 0.3) is 0 Å². The van der Waals surface area contributed by atoms with Gasteiger partial charge in [-0.25, -0.2) is 17.2 Å². The first-order chi connectivity index (χ1) is 7.09. The summed E-state index contributed by atoms with van der Waals surface area (Å²) >= 11 is 0. The predicted octanol–water partition coefficient (Wildman–Crippen LogP) is 3.18.